The molecule has 1 heterocycles. The molecular formula is C10H15N3. The molecule has 1 aromatic heterocycles. The monoisotopic (exact) mass is 177 g/mol. The smallest absolute Gasteiger partial charge is 0.126 e. The summed E-state index contributed by atoms with van der Waals surface area (Å²) in [6, 6.07) is 4.44. The van der Waals surface area contributed by atoms with Crippen molar-refractivity contribution in [2.45, 2.75) is 25.8 Å². The van der Waals surface area contributed by atoms with Crippen molar-refractivity contribution in [1.29, 1.82) is 0 Å². The Labute approximate surface area is 78.4 Å². The molecule has 3 nitrogen and oxygen atoms in total. The van der Waals surface area contributed by atoms with Gasteiger partial charge < -0.3 is 11.1 Å². The van der Waals surface area contributed by atoms with Crippen molar-refractivity contribution in [3.8, 4) is 0 Å². The number of anilines is 2. The lowest BCUT2D eigenvalue weighted by molar-refractivity contribution is 0.773. The molecule has 1 aliphatic carbocycles. The Hall–Kier alpha value is -1.25. The Morgan fingerprint density at radius 1 is 1.62 bits per heavy atom. The van der Waals surface area contributed by atoms with Gasteiger partial charge in [0, 0.05) is 6.04 Å². The van der Waals surface area contributed by atoms with E-state index in [2.05, 4.69) is 17.2 Å². The second-order valence-electron chi connectivity index (χ2n) is 3.63. The number of nitrogens with two attached hydrogens (primary N) is 1. The van der Waals surface area contributed by atoms with Crippen LogP contribution in [0.5, 0.6) is 0 Å². The van der Waals surface area contributed by atoms with Crippen LogP contribution in [0.3, 0.4) is 0 Å². The molecule has 0 aliphatic heterocycles. The second-order valence-corrected chi connectivity index (χ2v) is 3.63. The molecule has 0 spiro atoms. The highest BCUT2D eigenvalue weighted by Gasteiger charge is 2.35. The first-order valence-corrected chi connectivity index (χ1v) is 4.77. The van der Waals surface area contributed by atoms with Gasteiger partial charge in [0.2, 0.25) is 0 Å². The zero-order chi connectivity index (χ0) is 9.26. The zero-order valence-electron chi connectivity index (χ0n) is 7.83. The van der Waals surface area contributed by atoms with Gasteiger partial charge in [-0.05, 0) is 24.5 Å². The quantitative estimate of drug-likeness (QED) is 0.741. The van der Waals surface area contributed by atoms with E-state index in [4.69, 9.17) is 5.73 Å². The van der Waals surface area contributed by atoms with Crippen LogP contribution in [0.15, 0.2) is 18.3 Å². The molecule has 1 fully saturated rings. The molecule has 0 bridgehead atoms. The van der Waals surface area contributed by atoms with Crippen molar-refractivity contribution >= 4 is 11.5 Å². The number of rotatable bonds is 3. The van der Waals surface area contributed by atoms with E-state index >= 15 is 0 Å². The fourth-order valence-electron chi connectivity index (χ4n) is 1.56. The molecular weight excluding hydrogens is 162 g/mol. The Balaban J connectivity index is 1.92. The maximum Gasteiger partial charge on any atom is 0.126 e. The van der Waals surface area contributed by atoms with E-state index in [0.29, 0.717) is 11.7 Å². The summed E-state index contributed by atoms with van der Waals surface area (Å²) < 4.78 is 0. The fraction of sp³-hybridized carbons (Fsp3) is 0.500. The van der Waals surface area contributed by atoms with Crippen LogP contribution in [0.1, 0.15) is 19.8 Å². The van der Waals surface area contributed by atoms with Crippen LogP contribution in [0.2, 0.25) is 0 Å². The lowest BCUT2D eigenvalue weighted by Gasteiger charge is -2.03. The first-order chi connectivity index (χ1) is 6.29. The molecule has 1 aliphatic rings. The van der Waals surface area contributed by atoms with Crippen LogP contribution in [0, 0.1) is 5.92 Å². The third-order valence-corrected chi connectivity index (χ3v) is 2.57. The number of hydrogen-bond donors (Lipinski definition) is 2. The lowest BCUT2D eigenvalue weighted by atomic mass is 10.3. The third-order valence-electron chi connectivity index (χ3n) is 2.57. The zero-order valence-corrected chi connectivity index (χ0v) is 7.83. The van der Waals surface area contributed by atoms with E-state index in [1.165, 1.54) is 12.8 Å². The first kappa shape index (κ1) is 8.35. The minimum atomic E-state index is 0.640. The Morgan fingerprint density at radius 2 is 2.46 bits per heavy atom. The molecule has 3 heteroatoms. The molecule has 1 aromatic rings. The fourth-order valence-corrected chi connectivity index (χ4v) is 1.56. The molecule has 2 atom stereocenters. The van der Waals surface area contributed by atoms with E-state index in [0.717, 1.165) is 11.7 Å². The predicted molar refractivity (Wildman–Crippen MR) is 54.5 cm³/mol. The summed E-state index contributed by atoms with van der Waals surface area (Å²) in [5.41, 5.74) is 6.25. The van der Waals surface area contributed by atoms with Gasteiger partial charge in [0.15, 0.2) is 0 Å². The standard InChI is InChI=1S/C10H15N3/c1-2-7-5-9(7)13-10-4-3-8(11)6-12-10/h3-4,6-7,9H,2,5,11H2,1H3,(H,12,13). The largest absolute Gasteiger partial charge is 0.397 e. The normalized spacial score (nSPS) is 25.6. The van der Waals surface area contributed by atoms with Gasteiger partial charge in [0.05, 0.1) is 11.9 Å². The van der Waals surface area contributed by atoms with E-state index in [1.807, 2.05) is 12.1 Å². The topological polar surface area (TPSA) is 50.9 Å². The number of hydrogen-bond acceptors (Lipinski definition) is 3. The molecule has 0 aromatic carbocycles. The van der Waals surface area contributed by atoms with Crippen molar-refractivity contribution < 1.29 is 0 Å². The van der Waals surface area contributed by atoms with Gasteiger partial charge in [0.25, 0.3) is 0 Å². The molecule has 70 valence electrons. The van der Waals surface area contributed by atoms with Crippen molar-refractivity contribution in [2.75, 3.05) is 11.1 Å². The molecule has 0 radical (unpaired) electrons. The minimum Gasteiger partial charge on any atom is -0.397 e. The average Bonchev–Trinajstić information content (AvgIpc) is 2.88. The van der Waals surface area contributed by atoms with Gasteiger partial charge in [-0.2, -0.15) is 0 Å². The molecule has 0 amide bonds. The highest BCUT2D eigenvalue weighted by Crippen LogP contribution is 2.35. The molecule has 2 rings (SSSR count). The number of nitrogen functional groups attached to an aromatic ring is 1. The number of pyridine rings is 1. The third kappa shape index (κ3) is 1.91. The summed E-state index contributed by atoms with van der Waals surface area (Å²) in [5.74, 6) is 1.79. The van der Waals surface area contributed by atoms with Gasteiger partial charge in [-0.1, -0.05) is 13.3 Å². The van der Waals surface area contributed by atoms with Crippen molar-refractivity contribution in [3.63, 3.8) is 0 Å². The van der Waals surface area contributed by atoms with Crippen LogP contribution >= 0.6 is 0 Å². The van der Waals surface area contributed by atoms with E-state index in [1.54, 1.807) is 6.20 Å². The van der Waals surface area contributed by atoms with Crippen LogP contribution < -0.4 is 11.1 Å². The Morgan fingerprint density at radius 3 is 3.00 bits per heavy atom. The van der Waals surface area contributed by atoms with Crippen LogP contribution in [0.25, 0.3) is 0 Å². The van der Waals surface area contributed by atoms with Crippen molar-refractivity contribution in [2.24, 2.45) is 5.92 Å². The highest BCUT2D eigenvalue weighted by atomic mass is 15.0. The summed E-state index contributed by atoms with van der Waals surface area (Å²) in [6.07, 6.45) is 4.22. The average molecular weight is 177 g/mol. The molecule has 1 saturated carbocycles. The van der Waals surface area contributed by atoms with Gasteiger partial charge in [0.1, 0.15) is 5.82 Å². The Kier molecular flexibility index (Phi) is 2.08. The van der Waals surface area contributed by atoms with Gasteiger partial charge in [-0.3, -0.25) is 0 Å². The first-order valence-electron chi connectivity index (χ1n) is 4.77. The molecule has 0 saturated heterocycles. The van der Waals surface area contributed by atoms with Crippen LogP contribution in [-0.2, 0) is 0 Å². The highest BCUT2D eigenvalue weighted by molar-refractivity contribution is 5.45. The summed E-state index contributed by atoms with van der Waals surface area (Å²) >= 11 is 0. The molecule has 2 unspecified atom stereocenters. The van der Waals surface area contributed by atoms with Gasteiger partial charge in [-0.15, -0.1) is 0 Å². The summed E-state index contributed by atoms with van der Waals surface area (Å²) in [6.45, 7) is 2.22. The van der Waals surface area contributed by atoms with Gasteiger partial charge >= 0.3 is 0 Å². The summed E-state index contributed by atoms with van der Waals surface area (Å²) in [7, 11) is 0. The Bertz CT molecular complexity index is 281. The summed E-state index contributed by atoms with van der Waals surface area (Å²) in [4.78, 5) is 4.19. The maximum atomic E-state index is 5.54. The number of nitrogens with zero attached hydrogens (tertiary/aromatic N) is 1. The van der Waals surface area contributed by atoms with E-state index < -0.39 is 0 Å². The molecule has 3 N–H and O–H groups in total. The lowest BCUT2D eigenvalue weighted by Crippen LogP contribution is -2.05. The summed E-state index contributed by atoms with van der Waals surface area (Å²) in [5, 5.41) is 3.38. The second kappa shape index (κ2) is 3.24. The van der Waals surface area contributed by atoms with Gasteiger partial charge in [-0.25, -0.2) is 4.98 Å². The minimum absolute atomic E-state index is 0.640. The van der Waals surface area contributed by atoms with Crippen molar-refractivity contribution in [1.82, 2.24) is 4.98 Å². The van der Waals surface area contributed by atoms with E-state index in [9.17, 15) is 0 Å². The maximum absolute atomic E-state index is 5.54. The number of aromatic nitrogens is 1. The van der Waals surface area contributed by atoms with Crippen LogP contribution in [-0.4, -0.2) is 11.0 Å². The van der Waals surface area contributed by atoms with E-state index in [-0.39, 0.29) is 0 Å². The molecule has 13 heavy (non-hydrogen) atoms. The predicted octanol–water partition coefficient (Wildman–Crippen LogP) is 1.87. The van der Waals surface area contributed by atoms with Crippen molar-refractivity contribution in [3.05, 3.63) is 18.3 Å². The van der Waals surface area contributed by atoms with Crippen LogP contribution in [0.4, 0.5) is 11.5 Å². The SMILES string of the molecule is CCC1CC1Nc1ccc(N)cn1. The number of nitrogens with one attached hydrogen (secondary N) is 1.